The lowest BCUT2D eigenvalue weighted by molar-refractivity contribution is 0.0701. The van der Waals surface area contributed by atoms with Crippen molar-refractivity contribution in [2.24, 2.45) is 0 Å². The summed E-state index contributed by atoms with van der Waals surface area (Å²) < 4.78 is 26.8. The van der Waals surface area contributed by atoms with Crippen LogP contribution >= 0.6 is 34.5 Å². The molecule has 1 heterocycles. The van der Waals surface area contributed by atoms with E-state index in [4.69, 9.17) is 28.3 Å². The summed E-state index contributed by atoms with van der Waals surface area (Å²) in [4.78, 5) is 10.9. The summed E-state index contributed by atoms with van der Waals surface area (Å²) in [6, 6.07) is 5.52. The lowest BCUT2D eigenvalue weighted by Gasteiger charge is -2.08. The monoisotopic (exact) mass is 365 g/mol. The van der Waals surface area contributed by atoms with Gasteiger partial charge >= 0.3 is 5.97 Å². The fourth-order valence-electron chi connectivity index (χ4n) is 1.62. The van der Waals surface area contributed by atoms with E-state index in [2.05, 4.69) is 4.72 Å². The minimum atomic E-state index is -3.94. The Kier molecular flexibility index (Phi) is 4.48. The molecule has 0 aliphatic carbocycles. The van der Waals surface area contributed by atoms with E-state index in [-0.39, 0.29) is 24.8 Å². The number of aromatic carboxylic acids is 1. The molecule has 0 fully saturated rings. The van der Waals surface area contributed by atoms with E-state index in [1.165, 1.54) is 24.3 Å². The maximum Gasteiger partial charge on any atom is 0.346 e. The van der Waals surface area contributed by atoms with Crippen molar-refractivity contribution >= 4 is 55.5 Å². The fourth-order valence-corrected chi connectivity index (χ4v) is 4.57. The number of aryl methyl sites for hydroxylation is 1. The molecule has 21 heavy (non-hydrogen) atoms. The number of sulfonamides is 1. The Bertz CT molecular complexity index is 815. The summed E-state index contributed by atoms with van der Waals surface area (Å²) in [6.07, 6.45) is 0. The highest BCUT2D eigenvalue weighted by Gasteiger charge is 2.21. The topological polar surface area (TPSA) is 83.5 Å². The summed E-state index contributed by atoms with van der Waals surface area (Å²) in [5.41, 5.74) is 0.474. The lowest BCUT2D eigenvalue weighted by atomic mass is 10.3. The Morgan fingerprint density at radius 3 is 2.52 bits per heavy atom. The van der Waals surface area contributed by atoms with Gasteiger partial charge in [-0.3, -0.25) is 4.72 Å². The number of hydrogen-bond donors (Lipinski definition) is 2. The van der Waals surface area contributed by atoms with Gasteiger partial charge in [0.2, 0.25) is 0 Å². The molecule has 2 aromatic rings. The van der Waals surface area contributed by atoms with Crippen molar-refractivity contribution in [2.75, 3.05) is 4.72 Å². The molecule has 5 nitrogen and oxygen atoms in total. The maximum absolute atomic E-state index is 12.3. The Morgan fingerprint density at radius 2 is 1.95 bits per heavy atom. The molecule has 0 atom stereocenters. The summed E-state index contributed by atoms with van der Waals surface area (Å²) in [7, 11) is -3.94. The molecule has 0 aliphatic heterocycles. The SMILES string of the molecule is Cc1cc(NS(=O)(=O)c2cc(Cl)ccc2Cl)sc1C(=O)O. The zero-order chi connectivity index (χ0) is 15.8. The summed E-state index contributed by atoms with van der Waals surface area (Å²) in [5.74, 6) is -1.11. The minimum absolute atomic E-state index is 0.0265. The highest BCUT2D eigenvalue weighted by molar-refractivity contribution is 7.93. The molecule has 0 unspecified atom stereocenters. The van der Waals surface area contributed by atoms with Gasteiger partial charge in [-0.05, 0) is 36.8 Å². The Morgan fingerprint density at radius 1 is 1.29 bits per heavy atom. The van der Waals surface area contributed by atoms with Gasteiger partial charge in [0, 0.05) is 5.02 Å². The smallest absolute Gasteiger partial charge is 0.346 e. The number of anilines is 1. The van der Waals surface area contributed by atoms with Gasteiger partial charge in [0.1, 0.15) is 14.8 Å². The van der Waals surface area contributed by atoms with Gasteiger partial charge in [-0.25, -0.2) is 13.2 Å². The van der Waals surface area contributed by atoms with Crippen molar-refractivity contribution < 1.29 is 18.3 Å². The Labute approximate surface area is 135 Å². The van der Waals surface area contributed by atoms with Crippen molar-refractivity contribution in [3.8, 4) is 0 Å². The number of rotatable bonds is 4. The molecule has 0 bridgehead atoms. The molecule has 0 saturated carbocycles. The quantitative estimate of drug-likeness (QED) is 0.861. The third kappa shape index (κ3) is 3.49. The van der Waals surface area contributed by atoms with Crippen LogP contribution in [0.3, 0.4) is 0 Å². The van der Waals surface area contributed by atoms with Crippen LogP contribution in [-0.2, 0) is 10.0 Å². The summed E-state index contributed by atoms with van der Waals surface area (Å²) in [6.45, 7) is 1.59. The minimum Gasteiger partial charge on any atom is -0.477 e. The first-order valence-corrected chi connectivity index (χ1v) is 8.58. The zero-order valence-corrected chi connectivity index (χ0v) is 13.7. The molecule has 1 aromatic heterocycles. The predicted molar refractivity (Wildman–Crippen MR) is 83.3 cm³/mol. The van der Waals surface area contributed by atoms with Gasteiger partial charge in [-0.1, -0.05) is 23.2 Å². The number of carboxylic acids is 1. The van der Waals surface area contributed by atoms with Crippen LogP contribution < -0.4 is 4.72 Å². The van der Waals surface area contributed by atoms with E-state index in [0.29, 0.717) is 5.56 Å². The molecule has 2 N–H and O–H groups in total. The molecule has 9 heteroatoms. The molecule has 0 spiro atoms. The van der Waals surface area contributed by atoms with Crippen LogP contribution in [0.2, 0.25) is 10.0 Å². The van der Waals surface area contributed by atoms with Crippen LogP contribution in [0.25, 0.3) is 0 Å². The number of thiophene rings is 1. The van der Waals surface area contributed by atoms with Gasteiger partial charge in [-0.2, -0.15) is 0 Å². The first-order valence-electron chi connectivity index (χ1n) is 5.52. The molecule has 2 rings (SSSR count). The first kappa shape index (κ1) is 16.1. The van der Waals surface area contributed by atoms with Crippen LogP contribution in [0.1, 0.15) is 15.2 Å². The zero-order valence-electron chi connectivity index (χ0n) is 10.6. The number of benzene rings is 1. The Balaban J connectivity index is 2.40. The van der Waals surface area contributed by atoms with Gasteiger partial charge in [-0.15, -0.1) is 11.3 Å². The van der Waals surface area contributed by atoms with Crippen LogP contribution in [0.15, 0.2) is 29.2 Å². The standard InChI is InChI=1S/C12H9Cl2NO4S2/c1-6-4-10(20-11(6)12(16)17)15-21(18,19)9-5-7(13)2-3-8(9)14/h2-5,15H,1H3,(H,16,17). The van der Waals surface area contributed by atoms with E-state index in [1.807, 2.05) is 0 Å². The third-order valence-electron chi connectivity index (χ3n) is 2.53. The van der Waals surface area contributed by atoms with Gasteiger partial charge in [0.05, 0.1) is 5.02 Å². The predicted octanol–water partition coefficient (Wildman–Crippen LogP) is 3.86. The average Bonchev–Trinajstić information content (AvgIpc) is 2.72. The van der Waals surface area contributed by atoms with Crippen molar-refractivity contribution in [1.29, 1.82) is 0 Å². The molecule has 0 aliphatic rings. The summed E-state index contributed by atoms with van der Waals surface area (Å²) in [5, 5.41) is 9.42. The van der Waals surface area contributed by atoms with Gasteiger partial charge < -0.3 is 5.11 Å². The number of carboxylic acid groups (broad SMARTS) is 1. The van der Waals surface area contributed by atoms with Gasteiger partial charge in [0.15, 0.2) is 0 Å². The number of nitrogens with one attached hydrogen (secondary N) is 1. The van der Waals surface area contributed by atoms with Crippen LogP contribution in [0.4, 0.5) is 5.00 Å². The molecule has 0 radical (unpaired) electrons. The number of carbonyl (C=O) groups is 1. The second-order valence-electron chi connectivity index (χ2n) is 4.11. The second kappa shape index (κ2) is 5.84. The van der Waals surface area contributed by atoms with E-state index in [9.17, 15) is 13.2 Å². The molecular weight excluding hydrogens is 357 g/mol. The second-order valence-corrected chi connectivity index (χ2v) is 7.65. The van der Waals surface area contributed by atoms with Crippen LogP contribution in [-0.4, -0.2) is 19.5 Å². The first-order chi connectivity index (χ1) is 9.70. The van der Waals surface area contributed by atoms with Crippen molar-refractivity contribution in [2.45, 2.75) is 11.8 Å². The van der Waals surface area contributed by atoms with E-state index < -0.39 is 16.0 Å². The highest BCUT2D eigenvalue weighted by Crippen LogP contribution is 2.31. The van der Waals surface area contributed by atoms with E-state index in [0.717, 1.165) is 11.3 Å². The highest BCUT2D eigenvalue weighted by atomic mass is 35.5. The van der Waals surface area contributed by atoms with E-state index >= 15 is 0 Å². The molecule has 0 amide bonds. The van der Waals surface area contributed by atoms with Gasteiger partial charge in [0.25, 0.3) is 10.0 Å². The van der Waals surface area contributed by atoms with Crippen molar-refractivity contribution in [3.63, 3.8) is 0 Å². The number of hydrogen-bond acceptors (Lipinski definition) is 4. The fraction of sp³-hybridized carbons (Fsp3) is 0.0833. The third-order valence-corrected chi connectivity index (χ3v) is 5.88. The van der Waals surface area contributed by atoms with Crippen molar-refractivity contribution in [3.05, 3.63) is 44.8 Å². The molecule has 1 aromatic carbocycles. The number of halogens is 2. The summed E-state index contributed by atoms with van der Waals surface area (Å²) >= 11 is 12.5. The average molecular weight is 366 g/mol. The molecule has 0 saturated heterocycles. The normalized spacial score (nSPS) is 11.4. The van der Waals surface area contributed by atoms with Crippen molar-refractivity contribution in [1.82, 2.24) is 0 Å². The van der Waals surface area contributed by atoms with E-state index in [1.54, 1.807) is 6.92 Å². The maximum atomic E-state index is 12.3. The van der Waals surface area contributed by atoms with Crippen LogP contribution in [0, 0.1) is 6.92 Å². The lowest BCUT2D eigenvalue weighted by Crippen LogP contribution is -2.12. The largest absolute Gasteiger partial charge is 0.477 e. The molecule has 112 valence electrons. The molecular formula is C12H9Cl2NO4S2. The Hall–Kier alpha value is -1.28. The van der Waals surface area contributed by atoms with Crippen LogP contribution in [0.5, 0.6) is 0 Å².